The van der Waals surface area contributed by atoms with Gasteiger partial charge in [0.25, 0.3) is 11.8 Å². The van der Waals surface area contributed by atoms with Gasteiger partial charge in [-0.2, -0.15) is 4.68 Å². The Kier molecular flexibility index (Phi) is 7.68. The lowest BCUT2D eigenvalue weighted by Crippen LogP contribution is -2.44. The van der Waals surface area contributed by atoms with Gasteiger partial charge in [-0.15, -0.1) is 16.4 Å². The molecule has 0 spiro atoms. The molecule has 0 radical (unpaired) electrons. The number of benzene rings is 2. The second kappa shape index (κ2) is 10.9. The third-order valence-electron chi connectivity index (χ3n) is 6.25. The van der Waals surface area contributed by atoms with Crippen molar-refractivity contribution in [1.29, 1.82) is 0 Å². The zero-order valence-electron chi connectivity index (χ0n) is 20.7. The van der Waals surface area contributed by atoms with Crippen LogP contribution < -0.4 is 10.6 Å². The minimum Gasteiger partial charge on any atom is -0.448 e. The molecule has 0 aliphatic rings. The summed E-state index contributed by atoms with van der Waals surface area (Å²) in [5, 5.41) is 10.5. The number of carbonyl (C=O) groups is 3. The van der Waals surface area contributed by atoms with E-state index < -0.39 is 23.4 Å². The average molecular weight is 523 g/mol. The van der Waals surface area contributed by atoms with Gasteiger partial charge in [0, 0.05) is 5.56 Å². The summed E-state index contributed by atoms with van der Waals surface area (Å²) in [5.74, 6) is -1.22. The number of anilines is 1. The number of aromatic nitrogens is 2. The van der Waals surface area contributed by atoms with Gasteiger partial charge in [0.1, 0.15) is 10.6 Å². The standard InChI is InChI=1S/C27H27FN4O4S/c1-4-27(5-2,18-10-8-7-9-11-18)30-24(34)21-16-20-22(29-23(33)17-12-14-19(28)15-13-17)31-32(25(20)37-21)26(35)36-6-3/h7-16H,4-6H2,1-3H3,(H,30,34)(H,29,31,33). The lowest BCUT2D eigenvalue weighted by molar-refractivity contribution is 0.0893. The number of nitrogens with one attached hydrogen (secondary N) is 2. The van der Waals surface area contributed by atoms with E-state index in [0.29, 0.717) is 27.9 Å². The van der Waals surface area contributed by atoms with E-state index in [-0.39, 0.29) is 23.9 Å². The molecule has 0 atom stereocenters. The summed E-state index contributed by atoms with van der Waals surface area (Å²) in [4.78, 5) is 39.5. The van der Waals surface area contributed by atoms with Crippen molar-refractivity contribution in [3.05, 3.63) is 82.5 Å². The van der Waals surface area contributed by atoms with Crippen LogP contribution in [0.2, 0.25) is 0 Å². The maximum absolute atomic E-state index is 13.4. The number of rotatable bonds is 8. The Labute approximate surface area is 217 Å². The number of ether oxygens (including phenoxy) is 1. The molecule has 0 aliphatic carbocycles. The van der Waals surface area contributed by atoms with Crippen molar-refractivity contribution < 1.29 is 23.5 Å². The van der Waals surface area contributed by atoms with Crippen molar-refractivity contribution in [1.82, 2.24) is 15.1 Å². The highest BCUT2D eigenvalue weighted by molar-refractivity contribution is 7.20. The van der Waals surface area contributed by atoms with Crippen LogP contribution in [0.15, 0.2) is 60.7 Å². The Morgan fingerprint density at radius 2 is 1.68 bits per heavy atom. The van der Waals surface area contributed by atoms with E-state index >= 15 is 0 Å². The highest BCUT2D eigenvalue weighted by Gasteiger charge is 2.32. The number of carbonyl (C=O) groups excluding carboxylic acids is 3. The lowest BCUT2D eigenvalue weighted by Gasteiger charge is -2.33. The summed E-state index contributed by atoms with van der Waals surface area (Å²) in [5.41, 5.74) is 0.646. The van der Waals surface area contributed by atoms with Gasteiger partial charge < -0.3 is 15.4 Å². The summed E-state index contributed by atoms with van der Waals surface area (Å²) >= 11 is 1.08. The Morgan fingerprint density at radius 1 is 1.00 bits per heavy atom. The van der Waals surface area contributed by atoms with E-state index in [4.69, 9.17) is 4.74 Å². The van der Waals surface area contributed by atoms with Crippen LogP contribution in [0.25, 0.3) is 10.2 Å². The Hall–Kier alpha value is -4.05. The molecule has 37 heavy (non-hydrogen) atoms. The number of nitrogens with zero attached hydrogens (tertiary/aromatic N) is 2. The first-order chi connectivity index (χ1) is 17.8. The fraction of sp³-hybridized carbons (Fsp3) is 0.259. The molecule has 2 heterocycles. The van der Waals surface area contributed by atoms with Gasteiger partial charge in [-0.05, 0) is 55.7 Å². The molecular weight excluding hydrogens is 495 g/mol. The Bertz CT molecular complexity index is 1430. The largest absolute Gasteiger partial charge is 0.448 e. The molecule has 2 amide bonds. The van der Waals surface area contributed by atoms with E-state index in [1.807, 2.05) is 44.2 Å². The third kappa shape index (κ3) is 5.24. The summed E-state index contributed by atoms with van der Waals surface area (Å²) in [6, 6.07) is 16.4. The molecule has 0 saturated carbocycles. The van der Waals surface area contributed by atoms with Gasteiger partial charge in [-0.3, -0.25) is 9.59 Å². The molecular formula is C27H27FN4O4S. The molecule has 2 aromatic heterocycles. The number of fused-ring (bicyclic) bond motifs is 1. The van der Waals surface area contributed by atoms with E-state index in [2.05, 4.69) is 15.7 Å². The van der Waals surface area contributed by atoms with Crippen molar-refractivity contribution in [2.45, 2.75) is 39.2 Å². The molecule has 192 valence electrons. The van der Waals surface area contributed by atoms with Crippen LogP contribution in [0.5, 0.6) is 0 Å². The van der Waals surface area contributed by atoms with Crippen LogP contribution in [0.4, 0.5) is 15.0 Å². The van der Waals surface area contributed by atoms with E-state index in [1.165, 1.54) is 24.3 Å². The lowest BCUT2D eigenvalue weighted by atomic mass is 9.84. The van der Waals surface area contributed by atoms with Gasteiger partial charge >= 0.3 is 6.09 Å². The van der Waals surface area contributed by atoms with Crippen molar-refractivity contribution >= 4 is 45.3 Å². The second-order valence-corrected chi connectivity index (χ2v) is 9.39. The number of hydrogen-bond acceptors (Lipinski definition) is 6. The summed E-state index contributed by atoms with van der Waals surface area (Å²) in [6.07, 6.45) is 0.628. The van der Waals surface area contributed by atoms with Crippen LogP contribution in [0.1, 0.15) is 59.2 Å². The molecule has 8 nitrogen and oxygen atoms in total. The zero-order chi connectivity index (χ0) is 26.6. The summed E-state index contributed by atoms with van der Waals surface area (Å²) in [6.45, 7) is 5.83. The Morgan fingerprint density at radius 3 is 2.30 bits per heavy atom. The predicted octanol–water partition coefficient (Wildman–Crippen LogP) is 5.94. The molecule has 2 aromatic carbocycles. The number of thiophene rings is 1. The molecule has 2 N–H and O–H groups in total. The van der Waals surface area contributed by atoms with Gasteiger partial charge in [-0.1, -0.05) is 44.2 Å². The molecule has 0 fully saturated rings. The second-order valence-electron chi connectivity index (χ2n) is 8.36. The molecule has 4 rings (SSSR count). The fourth-order valence-corrected chi connectivity index (χ4v) is 5.14. The van der Waals surface area contributed by atoms with E-state index in [0.717, 1.165) is 21.6 Å². The third-order valence-corrected chi connectivity index (χ3v) is 7.36. The van der Waals surface area contributed by atoms with Gasteiger partial charge in [0.2, 0.25) is 0 Å². The van der Waals surface area contributed by atoms with Crippen molar-refractivity contribution in [2.24, 2.45) is 0 Å². The van der Waals surface area contributed by atoms with Gasteiger partial charge in [-0.25, -0.2) is 9.18 Å². The summed E-state index contributed by atoms with van der Waals surface area (Å²) in [7, 11) is 0. The smallest absolute Gasteiger partial charge is 0.436 e. The van der Waals surface area contributed by atoms with Crippen molar-refractivity contribution in [3.8, 4) is 0 Å². The number of halogens is 1. The minimum atomic E-state index is -0.732. The molecule has 0 aliphatic heterocycles. The van der Waals surface area contributed by atoms with Crippen molar-refractivity contribution in [2.75, 3.05) is 11.9 Å². The Balaban J connectivity index is 1.70. The maximum Gasteiger partial charge on any atom is 0.436 e. The molecule has 0 unspecified atom stereocenters. The highest BCUT2D eigenvalue weighted by atomic mass is 32.1. The number of hydrogen-bond donors (Lipinski definition) is 2. The van der Waals surface area contributed by atoms with E-state index in [9.17, 15) is 18.8 Å². The highest BCUT2D eigenvalue weighted by Crippen LogP contribution is 2.34. The number of amides is 2. The zero-order valence-corrected chi connectivity index (χ0v) is 21.5. The first-order valence-electron chi connectivity index (χ1n) is 12.0. The normalized spacial score (nSPS) is 11.4. The van der Waals surface area contributed by atoms with Crippen LogP contribution >= 0.6 is 11.3 Å². The monoisotopic (exact) mass is 522 g/mol. The van der Waals surface area contributed by atoms with Crippen LogP contribution in [-0.4, -0.2) is 34.3 Å². The first kappa shape index (κ1) is 26.0. The van der Waals surface area contributed by atoms with Crippen LogP contribution in [0, 0.1) is 5.82 Å². The predicted molar refractivity (Wildman–Crippen MR) is 141 cm³/mol. The first-order valence-corrected chi connectivity index (χ1v) is 12.8. The average Bonchev–Trinajstić information content (AvgIpc) is 3.49. The minimum absolute atomic E-state index is 0.0907. The molecule has 10 heteroatoms. The molecule has 4 aromatic rings. The van der Waals surface area contributed by atoms with Crippen molar-refractivity contribution in [3.63, 3.8) is 0 Å². The van der Waals surface area contributed by atoms with E-state index in [1.54, 1.807) is 13.0 Å². The fourth-order valence-electron chi connectivity index (χ4n) is 4.14. The van der Waals surface area contributed by atoms with Gasteiger partial charge in [0.15, 0.2) is 5.82 Å². The van der Waals surface area contributed by atoms with Gasteiger partial charge in [0.05, 0.1) is 22.4 Å². The maximum atomic E-state index is 13.4. The summed E-state index contributed by atoms with van der Waals surface area (Å²) < 4.78 is 19.4. The molecule has 0 bridgehead atoms. The quantitative estimate of drug-likeness (QED) is 0.298. The topological polar surface area (TPSA) is 102 Å². The van der Waals surface area contributed by atoms with Crippen LogP contribution in [-0.2, 0) is 10.3 Å². The van der Waals surface area contributed by atoms with Crippen LogP contribution in [0.3, 0.4) is 0 Å². The molecule has 0 saturated heterocycles. The SMILES string of the molecule is CCOC(=O)n1nc(NC(=O)c2ccc(F)cc2)c2cc(C(=O)NC(CC)(CC)c3ccccc3)sc21.